The van der Waals surface area contributed by atoms with Crippen molar-refractivity contribution in [2.24, 2.45) is 5.10 Å². The van der Waals surface area contributed by atoms with Gasteiger partial charge in [0, 0.05) is 32.9 Å². The zero-order valence-corrected chi connectivity index (χ0v) is 24.2. The molecule has 0 radical (unpaired) electrons. The number of carbonyl (C=O) groups is 1. The lowest BCUT2D eigenvalue weighted by Crippen LogP contribution is -2.29. The van der Waals surface area contributed by atoms with Crippen LogP contribution in [-0.4, -0.2) is 68.8 Å². The molecule has 0 bridgehead atoms. The Bertz CT molecular complexity index is 1530. The highest BCUT2D eigenvalue weighted by Crippen LogP contribution is 2.40. The standard InChI is InChI=1S/C29H34N8O2S/c1-8-26(38)31-21-17-22(25(39-7)18-24(21)36(6)15-14-35(4)5)33-29-32-20-13-16-40-27(20)28(34-29)37(30-3)23-12-10-9-11-19(23)2/h8-13,16-18H,1,3,14-15H2,2,4-7H3,(H,31,38)(H,32,33,34). The second kappa shape index (κ2) is 12.6. The number of anilines is 6. The molecule has 0 aliphatic rings. The van der Waals surface area contributed by atoms with Crippen molar-refractivity contribution >= 4 is 68.7 Å². The average Bonchev–Trinajstić information content (AvgIpc) is 3.42. The SMILES string of the molecule is C=CC(=O)Nc1cc(Nc2nc(N(N=C)c3ccccc3C)c3sccc3n2)c(OC)cc1N(C)CCN(C)C. The smallest absolute Gasteiger partial charge is 0.247 e. The van der Waals surface area contributed by atoms with Gasteiger partial charge >= 0.3 is 0 Å². The molecule has 0 saturated heterocycles. The van der Waals surface area contributed by atoms with E-state index in [-0.39, 0.29) is 5.91 Å². The van der Waals surface area contributed by atoms with Crippen LogP contribution < -0.4 is 25.3 Å². The highest BCUT2D eigenvalue weighted by Gasteiger charge is 2.20. The van der Waals surface area contributed by atoms with Crippen LogP contribution in [0.2, 0.25) is 0 Å². The fourth-order valence-corrected chi connectivity index (χ4v) is 4.94. The number of rotatable bonds is 12. The predicted molar refractivity (Wildman–Crippen MR) is 167 cm³/mol. The first kappa shape index (κ1) is 28.5. The molecule has 2 aromatic carbocycles. The maximum atomic E-state index is 12.3. The van der Waals surface area contributed by atoms with Gasteiger partial charge in [-0.05, 0) is 56.2 Å². The molecule has 4 aromatic rings. The van der Waals surface area contributed by atoms with E-state index in [1.807, 2.05) is 75.9 Å². The van der Waals surface area contributed by atoms with Crippen molar-refractivity contribution in [3.63, 3.8) is 0 Å². The summed E-state index contributed by atoms with van der Waals surface area (Å²) < 4.78 is 6.63. The van der Waals surface area contributed by atoms with Crippen molar-refractivity contribution in [2.45, 2.75) is 6.92 Å². The Labute approximate surface area is 238 Å². The highest BCUT2D eigenvalue weighted by molar-refractivity contribution is 7.17. The normalized spacial score (nSPS) is 10.8. The van der Waals surface area contributed by atoms with Crippen molar-refractivity contribution in [3.05, 3.63) is 66.1 Å². The molecule has 0 unspecified atom stereocenters. The van der Waals surface area contributed by atoms with Crippen LogP contribution in [0.5, 0.6) is 5.75 Å². The van der Waals surface area contributed by atoms with Crippen LogP contribution in [0, 0.1) is 6.92 Å². The van der Waals surface area contributed by atoms with Crippen molar-refractivity contribution in [1.82, 2.24) is 14.9 Å². The summed E-state index contributed by atoms with van der Waals surface area (Å²) >= 11 is 1.53. The molecule has 208 valence electrons. The van der Waals surface area contributed by atoms with Crippen molar-refractivity contribution in [2.75, 3.05) is 61.9 Å². The number of para-hydroxylation sites is 1. The Balaban J connectivity index is 1.79. The number of thiophene rings is 1. The summed E-state index contributed by atoms with van der Waals surface area (Å²) in [5.74, 6) is 1.20. The minimum Gasteiger partial charge on any atom is -0.494 e. The summed E-state index contributed by atoms with van der Waals surface area (Å²) in [4.78, 5) is 26.1. The first-order valence-corrected chi connectivity index (χ1v) is 13.5. The van der Waals surface area contributed by atoms with Crippen LogP contribution in [0.25, 0.3) is 10.2 Å². The molecule has 1 amide bonds. The van der Waals surface area contributed by atoms with Gasteiger partial charge in [0.1, 0.15) is 5.75 Å². The Hall–Kier alpha value is -4.48. The molecule has 0 aliphatic carbocycles. The lowest BCUT2D eigenvalue weighted by atomic mass is 10.2. The monoisotopic (exact) mass is 558 g/mol. The largest absolute Gasteiger partial charge is 0.494 e. The molecule has 0 saturated carbocycles. The number of hydrogen-bond donors (Lipinski definition) is 2. The Morgan fingerprint density at radius 2 is 1.88 bits per heavy atom. The number of ether oxygens (including phenoxy) is 1. The van der Waals surface area contributed by atoms with Gasteiger partial charge in [0.05, 0.1) is 40.1 Å². The maximum absolute atomic E-state index is 12.3. The molecule has 2 N–H and O–H groups in total. The van der Waals surface area contributed by atoms with Crippen molar-refractivity contribution in [3.8, 4) is 5.75 Å². The van der Waals surface area contributed by atoms with Gasteiger partial charge in [0.25, 0.3) is 0 Å². The molecule has 2 aromatic heterocycles. The van der Waals surface area contributed by atoms with Crippen LogP contribution in [0.4, 0.5) is 34.5 Å². The van der Waals surface area contributed by atoms with Gasteiger partial charge in [-0.25, -0.2) is 9.99 Å². The van der Waals surface area contributed by atoms with Gasteiger partial charge in [-0.2, -0.15) is 10.1 Å². The lowest BCUT2D eigenvalue weighted by molar-refractivity contribution is -0.111. The summed E-state index contributed by atoms with van der Waals surface area (Å²) in [6, 6.07) is 13.5. The van der Waals surface area contributed by atoms with Crippen LogP contribution in [0.3, 0.4) is 0 Å². The predicted octanol–water partition coefficient (Wildman–Crippen LogP) is 5.63. The Morgan fingerprint density at radius 3 is 2.55 bits per heavy atom. The number of amides is 1. The zero-order valence-electron chi connectivity index (χ0n) is 23.4. The maximum Gasteiger partial charge on any atom is 0.247 e. The molecule has 0 fully saturated rings. The third kappa shape index (κ3) is 6.22. The number of aryl methyl sites for hydroxylation is 1. The van der Waals surface area contributed by atoms with Crippen LogP contribution in [-0.2, 0) is 4.79 Å². The van der Waals surface area contributed by atoms with Gasteiger partial charge in [-0.3, -0.25) is 4.79 Å². The molecule has 0 spiro atoms. The average molecular weight is 559 g/mol. The second-order valence-electron chi connectivity index (χ2n) is 9.36. The number of likely N-dealkylation sites (N-methyl/N-ethyl adjacent to an activating group) is 2. The molecular formula is C29H34N8O2S. The van der Waals surface area contributed by atoms with E-state index in [1.165, 1.54) is 17.4 Å². The van der Waals surface area contributed by atoms with E-state index in [0.717, 1.165) is 40.2 Å². The number of benzene rings is 2. The van der Waals surface area contributed by atoms with E-state index in [2.05, 4.69) is 38.8 Å². The number of fused-ring (bicyclic) bond motifs is 1. The molecule has 40 heavy (non-hydrogen) atoms. The van der Waals surface area contributed by atoms with Gasteiger partial charge < -0.3 is 25.2 Å². The molecule has 2 heterocycles. The number of nitrogens with zero attached hydrogens (tertiary/aromatic N) is 6. The first-order valence-electron chi connectivity index (χ1n) is 12.6. The minimum atomic E-state index is -0.317. The third-order valence-corrected chi connectivity index (χ3v) is 7.17. The molecule has 10 nitrogen and oxygen atoms in total. The van der Waals surface area contributed by atoms with Crippen LogP contribution in [0.15, 0.2) is 65.6 Å². The fraction of sp³-hybridized carbons (Fsp3) is 0.241. The second-order valence-corrected chi connectivity index (χ2v) is 10.3. The first-order chi connectivity index (χ1) is 19.2. The van der Waals surface area contributed by atoms with E-state index in [1.54, 1.807) is 12.1 Å². The Morgan fingerprint density at radius 1 is 1.10 bits per heavy atom. The van der Waals surface area contributed by atoms with E-state index in [9.17, 15) is 4.79 Å². The zero-order chi connectivity index (χ0) is 28.8. The van der Waals surface area contributed by atoms with E-state index >= 15 is 0 Å². The van der Waals surface area contributed by atoms with Crippen molar-refractivity contribution in [1.29, 1.82) is 0 Å². The number of methoxy groups -OCH3 is 1. The fourth-order valence-electron chi connectivity index (χ4n) is 4.13. The summed E-state index contributed by atoms with van der Waals surface area (Å²) in [5, 5.41) is 14.2. The number of hydrazone groups is 1. The van der Waals surface area contributed by atoms with E-state index in [4.69, 9.17) is 14.7 Å². The number of carbonyl (C=O) groups excluding carboxylic acids is 1. The number of hydrogen-bond acceptors (Lipinski definition) is 10. The van der Waals surface area contributed by atoms with Gasteiger partial charge in [0.15, 0.2) is 5.82 Å². The summed E-state index contributed by atoms with van der Waals surface area (Å²) in [6.07, 6.45) is 1.24. The van der Waals surface area contributed by atoms with Gasteiger partial charge in [-0.1, -0.05) is 24.8 Å². The summed E-state index contributed by atoms with van der Waals surface area (Å²) in [6.45, 7) is 11.0. The summed E-state index contributed by atoms with van der Waals surface area (Å²) in [5.41, 5.74) is 4.65. The van der Waals surface area contributed by atoms with E-state index < -0.39 is 0 Å². The van der Waals surface area contributed by atoms with E-state index in [0.29, 0.717) is 28.9 Å². The summed E-state index contributed by atoms with van der Waals surface area (Å²) in [7, 11) is 7.60. The highest BCUT2D eigenvalue weighted by atomic mass is 32.1. The van der Waals surface area contributed by atoms with Crippen LogP contribution >= 0.6 is 11.3 Å². The van der Waals surface area contributed by atoms with Gasteiger partial charge in [-0.15, -0.1) is 11.3 Å². The Kier molecular flexibility index (Phi) is 8.97. The topological polar surface area (TPSA) is 98.2 Å². The molecular weight excluding hydrogens is 524 g/mol. The van der Waals surface area contributed by atoms with Crippen molar-refractivity contribution < 1.29 is 9.53 Å². The van der Waals surface area contributed by atoms with Gasteiger partial charge in [0.2, 0.25) is 11.9 Å². The third-order valence-electron chi connectivity index (χ3n) is 6.27. The molecule has 4 rings (SSSR count). The quantitative estimate of drug-likeness (QED) is 0.131. The minimum absolute atomic E-state index is 0.317. The molecule has 0 atom stereocenters. The lowest BCUT2D eigenvalue weighted by Gasteiger charge is -2.26. The number of nitrogens with one attached hydrogen (secondary N) is 2. The molecule has 0 aliphatic heterocycles. The van der Waals surface area contributed by atoms with Crippen LogP contribution in [0.1, 0.15) is 5.56 Å². The number of aromatic nitrogens is 2. The molecule has 11 heteroatoms.